The van der Waals surface area contributed by atoms with Gasteiger partial charge in [-0.2, -0.15) is 0 Å². The van der Waals surface area contributed by atoms with Crippen molar-refractivity contribution in [2.45, 2.75) is 51.5 Å². The van der Waals surface area contributed by atoms with E-state index < -0.39 is 0 Å². The lowest BCUT2D eigenvalue weighted by Gasteiger charge is -2.16. The number of rotatable bonds is 6. The van der Waals surface area contributed by atoms with Crippen molar-refractivity contribution in [2.75, 3.05) is 11.9 Å². The summed E-state index contributed by atoms with van der Waals surface area (Å²) in [5.74, 6) is 0.0648. The molecule has 0 aliphatic heterocycles. The number of hydrogen-bond donors (Lipinski definition) is 2. The van der Waals surface area contributed by atoms with Crippen LogP contribution in [-0.4, -0.2) is 29.4 Å². The van der Waals surface area contributed by atoms with Gasteiger partial charge in [0.1, 0.15) is 11.4 Å². The Bertz CT molecular complexity index is 814. The standard InChI is InChI=1S/C22H27N3O3/c1-2-28-20-12-8-7-11-18(20)25-22(27)19-15-16(13-14-23-19)21(26)24-17-9-5-3-4-6-10-17/h7-8,11-15,17H,2-6,9-10H2,1H3,(H,24,26)(H,25,27). The van der Waals surface area contributed by atoms with Crippen LogP contribution in [0, 0.1) is 0 Å². The summed E-state index contributed by atoms with van der Waals surface area (Å²) in [6.07, 6.45) is 8.27. The first-order chi connectivity index (χ1) is 13.7. The van der Waals surface area contributed by atoms with E-state index in [0.29, 0.717) is 23.6 Å². The summed E-state index contributed by atoms with van der Waals surface area (Å²) in [6, 6.07) is 10.6. The monoisotopic (exact) mass is 381 g/mol. The fraction of sp³-hybridized carbons (Fsp3) is 0.409. The van der Waals surface area contributed by atoms with E-state index in [-0.39, 0.29) is 23.6 Å². The Hall–Kier alpha value is -2.89. The average Bonchev–Trinajstić information content (AvgIpc) is 2.98. The van der Waals surface area contributed by atoms with E-state index in [9.17, 15) is 9.59 Å². The lowest BCUT2D eigenvalue weighted by atomic mass is 10.1. The Balaban J connectivity index is 1.68. The second-order valence-electron chi connectivity index (χ2n) is 6.98. The molecule has 0 radical (unpaired) electrons. The number of amides is 2. The maximum atomic E-state index is 12.6. The van der Waals surface area contributed by atoms with Gasteiger partial charge >= 0.3 is 0 Å². The maximum Gasteiger partial charge on any atom is 0.274 e. The molecule has 6 nitrogen and oxygen atoms in total. The van der Waals surface area contributed by atoms with Crippen molar-refractivity contribution in [3.63, 3.8) is 0 Å². The fourth-order valence-corrected chi connectivity index (χ4v) is 3.43. The summed E-state index contributed by atoms with van der Waals surface area (Å²) in [5.41, 5.74) is 1.21. The third-order valence-corrected chi connectivity index (χ3v) is 4.88. The lowest BCUT2D eigenvalue weighted by molar-refractivity contribution is 0.0933. The topological polar surface area (TPSA) is 80.3 Å². The molecule has 1 aliphatic carbocycles. The van der Waals surface area contributed by atoms with Crippen LogP contribution in [0.1, 0.15) is 66.3 Å². The molecule has 1 fully saturated rings. The predicted octanol–water partition coefficient (Wildman–Crippen LogP) is 4.19. The third-order valence-electron chi connectivity index (χ3n) is 4.88. The molecule has 6 heteroatoms. The number of aromatic nitrogens is 1. The molecule has 1 aromatic carbocycles. The number of carbonyl (C=O) groups is 2. The molecule has 0 saturated heterocycles. The first kappa shape index (κ1) is 19.9. The van der Waals surface area contributed by atoms with Gasteiger partial charge in [-0.25, -0.2) is 0 Å². The first-order valence-corrected chi connectivity index (χ1v) is 9.97. The number of nitrogens with one attached hydrogen (secondary N) is 2. The van der Waals surface area contributed by atoms with Crippen LogP contribution in [0.5, 0.6) is 5.75 Å². The first-order valence-electron chi connectivity index (χ1n) is 9.97. The average molecular weight is 381 g/mol. The molecule has 0 unspecified atom stereocenters. The van der Waals surface area contributed by atoms with Gasteiger partial charge in [0.05, 0.1) is 12.3 Å². The molecule has 0 bridgehead atoms. The fourth-order valence-electron chi connectivity index (χ4n) is 3.43. The second-order valence-corrected chi connectivity index (χ2v) is 6.98. The zero-order chi connectivity index (χ0) is 19.8. The number of nitrogens with zero attached hydrogens (tertiary/aromatic N) is 1. The van der Waals surface area contributed by atoms with Gasteiger partial charge in [-0.15, -0.1) is 0 Å². The van der Waals surface area contributed by atoms with E-state index in [1.54, 1.807) is 18.2 Å². The Morgan fingerprint density at radius 1 is 1.07 bits per heavy atom. The second kappa shape index (κ2) is 9.88. The molecule has 0 spiro atoms. The third kappa shape index (κ3) is 5.31. The Morgan fingerprint density at radius 3 is 2.57 bits per heavy atom. The minimum Gasteiger partial charge on any atom is -0.492 e. The Labute approximate surface area is 165 Å². The number of benzene rings is 1. The summed E-state index contributed by atoms with van der Waals surface area (Å²) >= 11 is 0. The lowest BCUT2D eigenvalue weighted by Crippen LogP contribution is -2.34. The van der Waals surface area contributed by atoms with Gasteiger partial charge < -0.3 is 15.4 Å². The summed E-state index contributed by atoms with van der Waals surface area (Å²) < 4.78 is 5.53. The summed E-state index contributed by atoms with van der Waals surface area (Å²) in [4.78, 5) is 29.3. The molecule has 1 aliphatic rings. The van der Waals surface area contributed by atoms with Crippen molar-refractivity contribution in [2.24, 2.45) is 0 Å². The highest BCUT2D eigenvalue weighted by atomic mass is 16.5. The van der Waals surface area contributed by atoms with Gasteiger partial charge in [-0.1, -0.05) is 37.8 Å². The van der Waals surface area contributed by atoms with Crippen molar-refractivity contribution in [1.82, 2.24) is 10.3 Å². The molecule has 0 atom stereocenters. The number of anilines is 1. The van der Waals surface area contributed by atoms with Crippen LogP contribution in [0.15, 0.2) is 42.6 Å². The highest BCUT2D eigenvalue weighted by Gasteiger charge is 2.18. The molecule has 28 heavy (non-hydrogen) atoms. The van der Waals surface area contributed by atoms with E-state index >= 15 is 0 Å². The molecule has 2 N–H and O–H groups in total. The molecule has 3 rings (SSSR count). The molecule has 1 heterocycles. The molecule has 2 amide bonds. The van der Waals surface area contributed by atoms with Gasteiger partial charge in [0.25, 0.3) is 11.8 Å². The maximum absolute atomic E-state index is 12.6. The molecule has 1 saturated carbocycles. The molecule has 1 aromatic heterocycles. The number of para-hydroxylation sites is 2. The van der Waals surface area contributed by atoms with Crippen LogP contribution in [0.3, 0.4) is 0 Å². The zero-order valence-electron chi connectivity index (χ0n) is 16.2. The van der Waals surface area contributed by atoms with E-state index in [1.165, 1.54) is 25.1 Å². The molecule has 148 valence electrons. The van der Waals surface area contributed by atoms with Crippen LogP contribution in [0.2, 0.25) is 0 Å². The van der Waals surface area contributed by atoms with Crippen molar-refractivity contribution in [3.8, 4) is 5.75 Å². The van der Waals surface area contributed by atoms with E-state index in [1.807, 2.05) is 19.1 Å². The smallest absolute Gasteiger partial charge is 0.274 e. The summed E-state index contributed by atoms with van der Waals surface area (Å²) in [6.45, 7) is 2.39. The van der Waals surface area contributed by atoms with E-state index in [2.05, 4.69) is 15.6 Å². The molecule has 2 aromatic rings. The van der Waals surface area contributed by atoms with E-state index in [4.69, 9.17) is 4.74 Å². The normalized spacial score (nSPS) is 14.8. The van der Waals surface area contributed by atoms with Gasteiger partial charge in [0, 0.05) is 17.8 Å². The Kier molecular flexibility index (Phi) is 7.00. The Morgan fingerprint density at radius 2 is 1.82 bits per heavy atom. The van der Waals surface area contributed by atoms with Gasteiger partial charge in [0.15, 0.2) is 0 Å². The summed E-state index contributed by atoms with van der Waals surface area (Å²) in [7, 11) is 0. The SMILES string of the molecule is CCOc1ccccc1NC(=O)c1cc(C(=O)NC2CCCCCC2)ccn1. The minimum atomic E-state index is -0.378. The number of hydrogen-bond acceptors (Lipinski definition) is 4. The van der Waals surface area contributed by atoms with Crippen LogP contribution in [0.25, 0.3) is 0 Å². The van der Waals surface area contributed by atoms with Gasteiger partial charge in [-0.05, 0) is 44.0 Å². The number of ether oxygens (including phenoxy) is 1. The van der Waals surface area contributed by atoms with Crippen LogP contribution in [0.4, 0.5) is 5.69 Å². The number of carbonyl (C=O) groups excluding carboxylic acids is 2. The van der Waals surface area contributed by atoms with Crippen molar-refractivity contribution in [1.29, 1.82) is 0 Å². The molecular weight excluding hydrogens is 354 g/mol. The van der Waals surface area contributed by atoms with Crippen molar-refractivity contribution >= 4 is 17.5 Å². The number of pyridine rings is 1. The molecular formula is C22H27N3O3. The minimum absolute atomic E-state index is 0.155. The van der Waals surface area contributed by atoms with Gasteiger partial charge in [0.2, 0.25) is 0 Å². The largest absolute Gasteiger partial charge is 0.492 e. The van der Waals surface area contributed by atoms with Gasteiger partial charge in [-0.3, -0.25) is 14.6 Å². The predicted molar refractivity (Wildman–Crippen MR) is 109 cm³/mol. The van der Waals surface area contributed by atoms with Crippen LogP contribution < -0.4 is 15.4 Å². The van der Waals surface area contributed by atoms with Crippen molar-refractivity contribution in [3.05, 3.63) is 53.9 Å². The van der Waals surface area contributed by atoms with Crippen LogP contribution in [-0.2, 0) is 0 Å². The van der Waals surface area contributed by atoms with Crippen LogP contribution >= 0.6 is 0 Å². The highest BCUT2D eigenvalue weighted by Crippen LogP contribution is 2.24. The zero-order valence-corrected chi connectivity index (χ0v) is 16.2. The summed E-state index contributed by atoms with van der Waals surface area (Å²) in [5, 5.41) is 5.91. The quantitative estimate of drug-likeness (QED) is 0.736. The highest BCUT2D eigenvalue weighted by molar-refractivity contribution is 6.05. The van der Waals surface area contributed by atoms with E-state index in [0.717, 1.165) is 25.7 Å². The van der Waals surface area contributed by atoms with Crippen molar-refractivity contribution < 1.29 is 14.3 Å².